The maximum Gasteiger partial charge on any atom is 0.351 e. The third-order valence-electron chi connectivity index (χ3n) is 3.68. The SMILES string of the molecule is Nc1ccn([C@@H]2O[C@H](CO)[C@@H](O)[C@H]2O)c(=O)n1.O=CC(F)C(O)C(O)CO. The Morgan fingerprint density at radius 2 is 1.96 bits per heavy atom. The molecule has 8 N–H and O–H groups in total. The van der Waals surface area contributed by atoms with E-state index in [0.29, 0.717) is 0 Å². The van der Waals surface area contributed by atoms with Crippen molar-refractivity contribution >= 4 is 12.1 Å². The average Bonchev–Trinajstić information content (AvgIpc) is 2.94. The van der Waals surface area contributed by atoms with Crippen molar-refractivity contribution in [2.45, 2.75) is 42.9 Å². The third-order valence-corrected chi connectivity index (χ3v) is 3.68. The second kappa shape index (κ2) is 10.4. The van der Waals surface area contributed by atoms with Crippen molar-refractivity contribution in [1.29, 1.82) is 0 Å². The smallest absolute Gasteiger partial charge is 0.351 e. The standard InChI is InChI=1S/C9H13N3O5.C5H9FO4/c10-5-1-2-12(9(16)11-5)8-7(15)6(14)4(3-13)17-8;6-3(1-7)5(10)4(9)2-8/h1-2,4,6-8,13-15H,3H2,(H2,10,11,16);1,3-5,8-10H,2H2/t4-,6-,7-,8-;/m1./s1. The summed E-state index contributed by atoms with van der Waals surface area (Å²) in [5.41, 5.74) is 4.63. The van der Waals surface area contributed by atoms with Crippen molar-refractivity contribution < 1.29 is 44.6 Å². The van der Waals surface area contributed by atoms with Crippen LogP contribution < -0.4 is 11.4 Å². The first-order valence-corrected chi connectivity index (χ1v) is 7.71. The van der Waals surface area contributed by atoms with Gasteiger partial charge in [0, 0.05) is 6.20 Å². The largest absolute Gasteiger partial charge is 0.394 e. The van der Waals surface area contributed by atoms with E-state index in [1.54, 1.807) is 0 Å². The van der Waals surface area contributed by atoms with E-state index in [-0.39, 0.29) is 12.1 Å². The number of ether oxygens (including phenoxy) is 1. The highest BCUT2D eigenvalue weighted by molar-refractivity contribution is 5.56. The third kappa shape index (κ3) is 5.74. The molecule has 0 aliphatic carbocycles. The number of carbonyl (C=O) groups is 1. The van der Waals surface area contributed by atoms with Crippen LogP contribution in [0.5, 0.6) is 0 Å². The Kier molecular flexibility index (Phi) is 8.84. The zero-order valence-electron chi connectivity index (χ0n) is 13.9. The maximum atomic E-state index is 12.1. The number of nitrogens with two attached hydrogens (primary N) is 1. The molecule has 3 unspecified atom stereocenters. The molecule has 2 rings (SSSR count). The van der Waals surface area contributed by atoms with Crippen LogP contribution in [0.2, 0.25) is 0 Å². The number of aliphatic hydroxyl groups is 6. The van der Waals surface area contributed by atoms with Crippen LogP contribution in [0.4, 0.5) is 10.2 Å². The molecule has 0 saturated carbocycles. The molecule has 1 aliphatic rings. The highest BCUT2D eigenvalue weighted by Gasteiger charge is 2.43. The molecule has 0 aromatic carbocycles. The van der Waals surface area contributed by atoms with Gasteiger partial charge in [0.15, 0.2) is 18.7 Å². The van der Waals surface area contributed by atoms with Gasteiger partial charge in [0.1, 0.15) is 36.3 Å². The molecule has 0 spiro atoms. The minimum atomic E-state index is -2.14. The summed E-state index contributed by atoms with van der Waals surface area (Å²) < 4.78 is 18.3. The molecule has 13 heteroatoms. The quantitative estimate of drug-likeness (QED) is 0.229. The molecule has 1 aromatic rings. The van der Waals surface area contributed by atoms with Gasteiger partial charge in [-0.25, -0.2) is 9.18 Å². The van der Waals surface area contributed by atoms with Crippen LogP contribution in [0.3, 0.4) is 0 Å². The molecule has 154 valence electrons. The minimum Gasteiger partial charge on any atom is -0.394 e. The molecule has 27 heavy (non-hydrogen) atoms. The molecule has 1 saturated heterocycles. The van der Waals surface area contributed by atoms with Crippen LogP contribution in [0.25, 0.3) is 0 Å². The monoisotopic (exact) mass is 395 g/mol. The fourth-order valence-corrected chi connectivity index (χ4v) is 2.13. The van der Waals surface area contributed by atoms with Gasteiger partial charge >= 0.3 is 5.69 Å². The summed E-state index contributed by atoms with van der Waals surface area (Å²) in [7, 11) is 0. The zero-order chi connectivity index (χ0) is 20.7. The van der Waals surface area contributed by atoms with Gasteiger partial charge in [-0.3, -0.25) is 4.57 Å². The molecule has 2 heterocycles. The summed E-state index contributed by atoms with van der Waals surface area (Å²) in [5.74, 6) is 0.0537. The summed E-state index contributed by atoms with van der Waals surface area (Å²) in [6, 6.07) is 1.37. The van der Waals surface area contributed by atoms with E-state index in [2.05, 4.69) is 4.98 Å². The number of nitrogens with zero attached hydrogens (tertiary/aromatic N) is 2. The van der Waals surface area contributed by atoms with E-state index in [1.165, 1.54) is 12.3 Å². The Labute approximate surface area is 151 Å². The average molecular weight is 395 g/mol. The summed E-state index contributed by atoms with van der Waals surface area (Å²) in [4.78, 5) is 24.6. The van der Waals surface area contributed by atoms with Crippen LogP contribution in [0.15, 0.2) is 17.1 Å². The fraction of sp³-hybridized carbons (Fsp3) is 0.643. The molecule has 1 aromatic heterocycles. The lowest BCUT2D eigenvalue weighted by atomic mass is 10.1. The lowest BCUT2D eigenvalue weighted by molar-refractivity contribution is -0.120. The van der Waals surface area contributed by atoms with Crippen LogP contribution in [-0.2, 0) is 9.53 Å². The number of carbonyl (C=O) groups excluding carboxylic acids is 1. The first-order valence-electron chi connectivity index (χ1n) is 7.71. The van der Waals surface area contributed by atoms with Gasteiger partial charge in [0.25, 0.3) is 0 Å². The van der Waals surface area contributed by atoms with Crippen molar-refractivity contribution in [3.05, 3.63) is 22.7 Å². The number of anilines is 1. The van der Waals surface area contributed by atoms with E-state index in [4.69, 9.17) is 30.9 Å². The summed E-state index contributed by atoms with van der Waals surface area (Å²) >= 11 is 0. The first kappa shape index (κ1) is 23.0. The van der Waals surface area contributed by atoms with Gasteiger partial charge in [-0.05, 0) is 6.07 Å². The Bertz CT molecular complexity index is 661. The molecule has 0 radical (unpaired) electrons. The summed E-state index contributed by atoms with van der Waals surface area (Å²) in [6.45, 7) is -1.22. The van der Waals surface area contributed by atoms with Gasteiger partial charge in [0.05, 0.1) is 13.2 Å². The number of halogens is 1. The number of hydrogen-bond acceptors (Lipinski definition) is 11. The molecule has 0 bridgehead atoms. The predicted octanol–water partition coefficient (Wildman–Crippen LogP) is -4.33. The number of aldehydes is 1. The normalized spacial score (nSPS) is 28.0. The Morgan fingerprint density at radius 1 is 1.33 bits per heavy atom. The van der Waals surface area contributed by atoms with E-state index >= 15 is 0 Å². The van der Waals surface area contributed by atoms with Crippen molar-refractivity contribution in [1.82, 2.24) is 9.55 Å². The van der Waals surface area contributed by atoms with Crippen LogP contribution in [0, 0.1) is 0 Å². The molecule has 0 amide bonds. The van der Waals surface area contributed by atoms with Crippen LogP contribution >= 0.6 is 0 Å². The number of aliphatic hydroxyl groups excluding tert-OH is 6. The van der Waals surface area contributed by atoms with Crippen molar-refractivity contribution in [2.24, 2.45) is 0 Å². The molecule has 1 fully saturated rings. The minimum absolute atomic E-state index is 0.0537. The highest BCUT2D eigenvalue weighted by atomic mass is 19.1. The van der Waals surface area contributed by atoms with Crippen molar-refractivity contribution in [2.75, 3.05) is 18.9 Å². The lowest BCUT2D eigenvalue weighted by Crippen LogP contribution is -2.37. The second-order valence-corrected chi connectivity index (χ2v) is 5.59. The van der Waals surface area contributed by atoms with Gasteiger partial charge in [-0.1, -0.05) is 0 Å². The van der Waals surface area contributed by atoms with Gasteiger partial charge in [0.2, 0.25) is 0 Å². The fourth-order valence-electron chi connectivity index (χ4n) is 2.13. The van der Waals surface area contributed by atoms with Crippen LogP contribution in [0.1, 0.15) is 6.23 Å². The number of hydrogen-bond donors (Lipinski definition) is 7. The molecule has 7 atom stereocenters. The number of alkyl halides is 1. The Balaban J connectivity index is 0.000000314. The van der Waals surface area contributed by atoms with E-state index in [1.807, 2.05) is 0 Å². The molecular weight excluding hydrogens is 373 g/mol. The first-order chi connectivity index (χ1) is 12.7. The van der Waals surface area contributed by atoms with Crippen molar-refractivity contribution in [3.8, 4) is 0 Å². The van der Waals surface area contributed by atoms with Crippen molar-refractivity contribution in [3.63, 3.8) is 0 Å². The van der Waals surface area contributed by atoms with Crippen LogP contribution in [-0.4, -0.2) is 96.4 Å². The second-order valence-electron chi connectivity index (χ2n) is 5.59. The lowest BCUT2D eigenvalue weighted by Gasteiger charge is -2.16. The zero-order valence-corrected chi connectivity index (χ0v) is 13.9. The number of aromatic nitrogens is 2. The molecule has 1 aliphatic heterocycles. The number of nitrogen functional groups attached to an aromatic ring is 1. The Morgan fingerprint density at radius 3 is 2.41 bits per heavy atom. The maximum absolute atomic E-state index is 12.1. The Hall–Kier alpha value is -2.00. The molecule has 12 nitrogen and oxygen atoms in total. The van der Waals surface area contributed by atoms with Gasteiger partial charge in [-0.2, -0.15) is 4.98 Å². The van der Waals surface area contributed by atoms with Gasteiger partial charge in [-0.15, -0.1) is 0 Å². The van der Waals surface area contributed by atoms with E-state index < -0.39 is 61.8 Å². The predicted molar refractivity (Wildman–Crippen MR) is 86.0 cm³/mol. The number of rotatable bonds is 6. The van der Waals surface area contributed by atoms with Gasteiger partial charge < -0.3 is 45.9 Å². The van der Waals surface area contributed by atoms with E-state index in [0.717, 1.165) is 4.57 Å². The van der Waals surface area contributed by atoms with E-state index in [9.17, 15) is 24.2 Å². The highest BCUT2D eigenvalue weighted by Crippen LogP contribution is 2.27. The summed E-state index contributed by atoms with van der Waals surface area (Å²) in [5, 5.41) is 53.4. The topological polar surface area (TPSA) is 209 Å². The molecular formula is C14H22FN3O9. The summed E-state index contributed by atoms with van der Waals surface area (Å²) in [6.07, 6.45) is -8.97.